The molecule has 0 bridgehead atoms. The molecule has 0 aromatic rings. The molecule has 0 aliphatic heterocycles. The van der Waals surface area contributed by atoms with Crippen molar-refractivity contribution >= 4 is 0 Å². The number of hydrogen-bond acceptors (Lipinski definition) is 2. The SMILES string of the molecule is CN(CCCNC1CC1)CC1CC1. The summed E-state index contributed by atoms with van der Waals surface area (Å²) in [4.78, 5) is 2.49. The van der Waals surface area contributed by atoms with Crippen molar-refractivity contribution in [3.05, 3.63) is 0 Å². The second-order valence-corrected chi connectivity index (χ2v) is 4.79. The predicted octanol–water partition coefficient (Wildman–Crippen LogP) is 1.47. The van der Waals surface area contributed by atoms with E-state index in [0.717, 1.165) is 12.0 Å². The van der Waals surface area contributed by atoms with Gasteiger partial charge < -0.3 is 10.2 Å². The van der Waals surface area contributed by atoms with Gasteiger partial charge in [-0.05, 0) is 58.2 Å². The topological polar surface area (TPSA) is 15.3 Å². The molecule has 2 fully saturated rings. The first-order chi connectivity index (χ1) is 6.34. The van der Waals surface area contributed by atoms with E-state index in [2.05, 4.69) is 17.3 Å². The Morgan fingerprint density at radius 3 is 2.62 bits per heavy atom. The maximum atomic E-state index is 3.55. The van der Waals surface area contributed by atoms with Gasteiger partial charge in [0, 0.05) is 12.6 Å². The van der Waals surface area contributed by atoms with Crippen LogP contribution in [0.3, 0.4) is 0 Å². The number of hydrogen-bond donors (Lipinski definition) is 1. The molecule has 2 rings (SSSR count). The summed E-state index contributed by atoms with van der Waals surface area (Å²) in [6, 6.07) is 0.883. The predicted molar refractivity (Wildman–Crippen MR) is 55.9 cm³/mol. The van der Waals surface area contributed by atoms with Crippen LogP contribution >= 0.6 is 0 Å². The van der Waals surface area contributed by atoms with Crippen molar-refractivity contribution in [3.8, 4) is 0 Å². The number of nitrogens with zero attached hydrogens (tertiary/aromatic N) is 1. The molecule has 0 atom stereocenters. The van der Waals surface area contributed by atoms with Gasteiger partial charge in [0.25, 0.3) is 0 Å². The summed E-state index contributed by atoms with van der Waals surface area (Å²) in [5.74, 6) is 1.04. The number of nitrogens with one attached hydrogen (secondary N) is 1. The molecule has 2 aliphatic rings. The summed E-state index contributed by atoms with van der Waals surface area (Å²) >= 11 is 0. The highest BCUT2D eigenvalue weighted by molar-refractivity contribution is 4.80. The highest BCUT2D eigenvalue weighted by Gasteiger charge is 2.22. The standard InChI is InChI=1S/C11H22N2/c1-13(9-10-3-4-10)8-2-7-12-11-5-6-11/h10-12H,2-9H2,1H3. The molecule has 2 saturated carbocycles. The molecule has 0 heterocycles. The van der Waals surface area contributed by atoms with E-state index in [1.807, 2.05) is 0 Å². The zero-order valence-electron chi connectivity index (χ0n) is 8.76. The van der Waals surface area contributed by atoms with Gasteiger partial charge in [-0.2, -0.15) is 0 Å². The van der Waals surface area contributed by atoms with Crippen molar-refractivity contribution in [1.82, 2.24) is 10.2 Å². The molecule has 0 radical (unpaired) electrons. The Bertz CT molecular complexity index is 150. The first-order valence-corrected chi connectivity index (χ1v) is 5.76. The summed E-state index contributed by atoms with van der Waals surface area (Å²) in [5.41, 5.74) is 0. The molecule has 0 aromatic carbocycles. The van der Waals surface area contributed by atoms with Crippen LogP contribution in [0.1, 0.15) is 32.1 Å². The summed E-state index contributed by atoms with van der Waals surface area (Å²) < 4.78 is 0. The van der Waals surface area contributed by atoms with Crippen molar-refractivity contribution < 1.29 is 0 Å². The Morgan fingerprint density at radius 1 is 1.23 bits per heavy atom. The van der Waals surface area contributed by atoms with Crippen molar-refractivity contribution in [2.24, 2.45) is 5.92 Å². The van der Waals surface area contributed by atoms with Crippen LogP contribution in [-0.4, -0.2) is 37.6 Å². The maximum absolute atomic E-state index is 3.55. The van der Waals surface area contributed by atoms with E-state index >= 15 is 0 Å². The molecule has 0 unspecified atom stereocenters. The fourth-order valence-corrected chi connectivity index (χ4v) is 1.78. The van der Waals surface area contributed by atoms with Crippen LogP contribution in [-0.2, 0) is 0 Å². The largest absolute Gasteiger partial charge is 0.314 e. The van der Waals surface area contributed by atoms with E-state index in [1.165, 1.54) is 51.7 Å². The van der Waals surface area contributed by atoms with Crippen molar-refractivity contribution in [2.45, 2.75) is 38.1 Å². The van der Waals surface area contributed by atoms with Crippen molar-refractivity contribution in [1.29, 1.82) is 0 Å². The lowest BCUT2D eigenvalue weighted by Crippen LogP contribution is -2.26. The molecule has 2 heteroatoms. The molecule has 2 aliphatic carbocycles. The first kappa shape index (κ1) is 9.47. The average Bonchev–Trinajstić information content (AvgIpc) is 2.92. The van der Waals surface area contributed by atoms with Crippen LogP contribution in [0.4, 0.5) is 0 Å². The molecule has 0 saturated heterocycles. The Labute approximate surface area is 81.7 Å². The second-order valence-electron chi connectivity index (χ2n) is 4.79. The lowest BCUT2D eigenvalue weighted by Gasteiger charge is -2.15. The fraction of sp³-hybridized carbons (Fsp3) is 1.00. The van der Waals surface area contributed by atoms with Crippen molar-refractivity contribution in [2.75, 3.05) is 26.7 Å². The van der Waals surface area contributed by atoms with Gasteiger partial charge in [0.2, 0.25) is 0 Å². The lowest BCUT2D eigenvalue weighted by atomic mass is 10.3. The van der Waals surface area contributed by atoms with Crippen LogP contribution < -0.4 is 5.32 Å². The van der Waals surface area contributed by atoms with Gasteiger partial charge in [0.15, 0.2) is 0 Å². The van der Waals surface area contributed by atoms with Gasteiger partial charge in [-0.15, -0.1) is 0 Å². The van der Waals surface area contributed by atoms with Gasteiger partial charge >= 0.3 is 0 Å². The van der Waals surface area contributed by atoms with Gasteiger partial charge in [0.05, 0.1) is 0 Å². The summed E-state index contributed by atoms with van der Waals surface area (Å²) in [6.45, 7) is 3.83. The molecular weight excluding hydrogens is 160 g/mol. The van der Waals surface area contributed by atoms with Gasteiger partial charge in [-0.3, -0.25) is 0 Å². The van der Waals surface area contributed by atoms with E-state index in [-0.39, 0.29) is 0 Å². The molecular formula is C11H22N2. The zero-order valence-corrected chi connectivity index (χ0v) is 8.76. The third-order valence-electron chi connectivity index (χ3n) is 2.99. The van der Waals surface area contributed by atoms with Crippen LogP contribution in [0.25, 0.3) is 0 Å². The Balaban J connectivity index is 1.41. The molecule has 0 spiro atoms. The quantitative estimate of drug-likeness (QED) is 0.600. The maximum Gasteiger partial charge on any atom is 0.00682 e. The van der Waals surface area contributed by atoms with E-state index in [4.69, 9.17) is 0 Å². The fourth-order valence-electron chi connectivity index (χ4n) is 1.78. The molecule has 0 aromatic heterocycles. The zero-order chi connectivity index (χ0) is 9.10. The number of rotatable bonds is 7. The highest BCUT2D eigenvalue weighted by Crippen LogP contribution is 2.29. The minimum Gasteiger partial charge on any atom is -0.314 e. The Hall–Kier alpha value is -0.0800. The summed E-state index contributed by atoms with van der Waals surface area (Å²) in [7, 11) is 2.26. The van der Waals surface area contributed by atoms with Gasteiger partial charge in [-0.25, -0.2) is 0 Å². The van der Waals surface area contributed by atoms with Crippen LogP contribution in [0.2, 0.25) is 0 Å². The first-order valence-electron chi connectivity index (χ1n) is 5.76. The van der Waals surface area contributed by atoms with Crippen LogP contribution in [0.15, 0.2) is 0 Å². The van der Waals surface area contributed by atoms with Crippen LogP contribution in [0, 0.1) is 5.92 Å². The Kier molecular flexibility index (Phi) is 3.23. The molecule has 76 valence electrons. The van der Waals surface area contributed by atoms with Gasteiger partial charge in [-0.1, -0.05) is 0 Å². The lowest BCUT2D eigenvalue weighted by molar-refractivity contribution is 0.314. The van der Waals surface area contributed by atoms with Crippen LogP contribution in [0.5, 0.6) is 0 Å². The minimum atomic E-state index is 0.883. The summed E-state index contributed by atoms with van der Waals surface area (Å²) in [5, 5.41) is 3.55. The molecule has 1 N–H and O–H groups in total. The second kappa shape index (κ2) is 4.43. The molecule has 13 heavy (non-hydrogen) atoms. The van der Waals surface area contributed by atoms with Gasteiger partial charge in [0.1, 0.15) is 0 Å². The van der Waals surface area contributed by atoms with E-state index in [1.54, 1.807) is 0 Å². The van der Waals surface area contributed by atoms with E-state index in [9.17, 15) is 0 Å². The molecule has 2 nitrogen and oxygen atoms in total. The highest BCUT2D eigenvalue weighted by atomic mass is 15.1. The monoisotopic (exact) mass is 182 g/mol. The molecule has 0 amide bonds. The van der Waals surface area contributed by atoms with Crippen molar-refractivity contribution in [3.63, 3.8) is 0 Å². The normalized spacial score (nSPS) is 22.6. The third kappa shape index (κ3) is 4.10. The third-order valence-corrected chi connectivity index (χ3v) is 2.99. The van der Waals surface area contributed by atoms with E-state index < -0.39 is 0 Å². The Morgan fingerprint density at radius 2 is 2.00 bits per heavy atom. The minimum absolute atomic E-state index is 0.883. The summed E-state index contributed by atoms with van der Waals surface area (Å²) in [6.07, 6.45) is 7.10. The van der Waals surface area contributed by atoms with E-state index in [0.29, 0.717) is 0 Å². The average molecular weight is 182 g/mol. The smallest absolute Gasteiger partial charge is 0.00682 e.